The van der Waals surface area contributed by atoms with Gasteiger partial charge in [-0.05, 0) is 29.7 Å². The van der Waals surface area contributed by atoms with E-state index < -0.39 is 12.0 Å². The summed E-state index contributed by atoms with van der Waals surface area (Å²) >= 11 is 0. The smallest absolute Gasteiger partial charge is 0.328 e. The van der Waals surface area contributed by atoms with Crippen LogP contribution in [0.15, 0.2) is 54.7 Å². The number of aromatic amines is 1. The molecule has 1 aromatic heterocycles. The van der Waals surface area contributed by atoms with Crippen molar-refractivity contribution in [2.45, 2.75) is 25.3 Å². The zero-order valence-corrected chi connectivity index (χ0v) is 15.1. The SMILES string of the molecule is COC(=O)[C@H](Cc1c[nH]c2ccccc12)NC(=O)CCc1ccccc1O. The molecule has 0 aliphatic heterocycles. The lowest BCUT2D eigenvalue weighted by atomic mass is 10.0. The summed E-state index contributed by atoms with van der Waals surface area (Å²) in [6, 6.07) is 13.9. The van der Waals surface area contributed by atoms with Crippen molar-refractivity contribution in [3.63, 3.8) is 0 Å². The van der Waals surface area contributed by atoms with Crippen LogP contribution in [0.3, 0.4) is 0 Å². The minimum absolute atomic E-state index is 0.161. The monoisotopic (exact) mass is 366 g/mol. The van der Waals surface area contributed by atoms with Gasteiger partial charge in [-0.2, -0.15) is 0 Å². The van der Waals surface area contributed by atoms with Gasteiger partial charge in [0.1, 0.15) is 11.8 Å². The quantitative estimate of drug-likeness (QED) is 0.561. The molecule has 2 aromatic carbocycles. The van der Waals surface area contributed by atoms with Crippen LogP contribution in [0.5, 0.6) is 5.75 Å². The molecule has 0 bridgehead atoms. The van der Waals surface area contributed by atoms with Crippen molar-refractivity contribution in [1.82, 2.24) is 10.3 Å². The standard InChI is InChI=1S/C21H22N2O4/c1-27-21(26)18(12-15-13-22-17-8-4-3-7-16(15)17)23-20(25)11-10-14-6-2-5-9-19(14)24/h2-9,13,18,22,24H,10-12H2,1H3,(H,23,25)/t18-/m0/s1. The Bertz CT molecular complexity index is 948. The van der Waals surface area contributed by atoms with E-state index >= 15 is 0 Å². The minimum Gasteiger partial charge on any atom is -0.508 e. The maximum absolute atomic E-state index is 12.3. The third-order valence-corrected chi connectivity index (χ3v) is 4.53. The first-order valence-electron chi connectivity index (χ1n) is 8.77. The van der Waals surface area contributed by atoms with E-state index in [2.05, 4.69) is 10.3 Å². The Morgan fingerprint density at radius 3 is 2.63 bits per heavy atom. The Kier molecular flexibility index (Phi) is 5.76. The molecule has 3 rings (SSSR count). The van der Waals surface area contributed by atoms with Crippen LogP contribution >= 0.6 is 0 Å². The van der Waals surface area contributed by atoms with Crippen molar-refractivity contribution in [2.75, 3.05) is 7.11 Å². The van der Waals surface area contributed by atoms with E-state index in [1.165, 1.54) is 7.11 Å². The van der Waals surface area contributed by atoms with E-state index in [0.717, 1.165) is 16.5 Å². The molecule has 6 heteroatoms. The summed E-state index contributed by atoms with van der Waals surface area (Å²) in [5.74, 6) is -0.599. The lowest BCUT2D eigenvalue weighted by Crippen LogP contribution is -2.43. The number of ether oxygens (including phenoxy) is 1. The van der Waals surface area contributed by atoms with Gasteiger partial charge in [-0.15, -0.1) is 0 Å². The summed E-state index contributed by atoms with van der Waals surface area (Å²) in [6.07, 6.45) is 2.73. The van der Waals surface area contributed by atoms with Gasteiger partial charge < -0.3 is 20.1 Å². The van der Waals surface area contributed by atoms with Gasteiger partial charge >= 0.3 is 5.97 Å². The predicted molar refractivity (Wildman–Crippen MR) is 102 cm³/mol. The van der Waals surface area contributed by atoms with Gasteiger partial charge in [0.2, 0.25) is 5.91 Å². The molecule has 1 heterocycles. The average molecular weight is 366 g/mol. The lowest BCUT2D eigenvalue weighted by Gasteiger charge is -2.16. The van der Waals surface area contributed by atoms with Crippen molar-refractivity contribution in [2.24, 2.45) is 0 Å². The molecule has 1 atom stereocenters. The zero-order chi connectivity index (χ0) is 19.2. The number of amides is 1. The van der Waals surface area contributed by atoms with Crippen LogP contribution in [-0.4, -0.2) is 35.1 Å². The maximum atomic E-state index is 12.3. The molecular weight excluding hydrogens is 344 g/mol. The third kappa shape index (κ3) is 4.47. The summed E-state index contributed by atoms with van der Waals surface area (Å²) in [4.78, 5) is 27.7. The Morgan fingerprint density at radius 2 is 1.85 bits per heavy atom. The summed E-state index contributed by atoms with van der Waals surface area (Å²) in [5.41, 5.74) is 2.60. The van der Waals surface area contributed by atoms with Crippen LogP contribution in [0.4, 0.5) is 0 Å². The molecule has 0 saturated heterocycles. The second-order valence-electron chi connectivity index (χ2n) is 6.34. The van der Waals surface area contributed by atoms with E-state index in [9.17, 15) is 14.7 Å². The van der Waals surface area contributed by atoms with Gasteiger partial charge in [0, 0.05) is 29.9 Å². The number of aromatic nitrogens is 1. The number of aryl methyl sites for hydroxylation is 1. The number of methoxy groups -OCH3 is 1. The summed E-state index contributed by atoms with van der Waals surface area (Å²) in [7, 11) is 1.30. The third-order valence-electron chi connectivity index (χ3n) is 4.53. The molecular formula is C21H22N2O4. The van der Waals surface area contributed by atoms with E-state index in [4.69, 9.17) is 4.74 Å². The number of esters is 1. The molecule has 6 nitrogen and oxygen atoms in total. The second-order valence-corrected chi connectivity index (χ2v) is 6.34. The van der Waals surface area contributed by atoms with Gasteiger partial charge in [0.05, 0.1) is 7.11 Å². The molecule has 0 aliphatic rings. The Hall–Kier alpha value is -3.28. The Labute approximate surface area is 157 Å². The van der Waals surface area contributed by atoms with Crippen molar-refractivity contribution in [3.05, 3.63) is 65.9 Å². The fourth-order valence-corrected chi connectivity index (χ4v) is 3.09. The molecule has 0 spiro atoms. The molecule has 0 saturated carbocycles. The van der Waals surface area contributed by atoms with Crippen LogP contribution < -0.4 is 5.32 Å². The Morgan fingerprint density at radius 1 is 1.11 bits per heavy atom. The molecule has 27 heavy (non-hydrogen) atoms. The van der Waals surface area contributed by atoms with E-state index in [1.807, 2.05) is 30.5 Å². The number of nitrogens with one attached hydrogen (secondary N) is 2. The number of rotatable bonds is 7. The number of hydrogen-bond donors (Lipinski definition) is 3. The number of H-pyrrole nitrogens is 1. The van der Waals surface area contributed by atoms with Gasteiger partial charge in [-0.25, -0.2) is 4.79 Å². The number of carbonyl (C=O) groups is 2. The predicted octanol–water partition coefficient (Wildman–Crippen LogP) is 2.71. The van der Waals surface area contributed by atoms with E-state index in [-0.39, 0.29) is 18.1 Å². The van der Waals surface area contributed by atoms with E-state index in [0.29, 0.717) is 18.4 Å². The fourth-order valence-electron chi connectivity index (χ4n) is 3.09. The molecule has 0 unspecified atom stereocenters. The molecule has 0 radical (unpaired) electrons. The van der Waals surface area contributed by atoms with Crippen molar-refractivity contribution in [1.29, 1.82) is 0 Å². The highest BCUT2D eigenvalue weighted by Gasteiger charge is 2.23. The summed E-state index contributed by atoms with van der Waals surface area (Å²) < 4.78 is 4.85. The molecule has 3 aromatic rings. The van der Waals surface area contributed by atoms with Crippen molar-refractivity contribution in [3.8, 4) is 5.75 Å². The van der Waals surface area contributed by atoms with Crippen LogP contribution in [0.25, 0.3) is 10.9 Å². The van der Waals surface area contributed by atoms with Crippen molar-refractivity contribution < 1.29 is 19.4 Å². The summed E-state index contributed by atoms with van der Waals surface area (Å²) in [6.45, 7) is 0. The number of phenolic OH excluding ortho intramolecular Hbond substituents is 1. The molecule has 0 aliphatic carbocycles. The highest BCUT2D eigenvalue weighted by molar-refractivity contribution is 5.87. The first kappa shape index (κ1) is 18.5. The number of para-hydroxylation sites is 2. The Balaban J connectivity index is 1.67. The van der Waals surface area contributed by atoms with Crippen LogP contribution in [0.1, 0.15) is 17.5 Å². The van der Waals surface area contributed by atoms with Gasteiger partial charge in [0.25, 0.3) is 0 Å². The lowest BCUT2D eigenvalue weighted by molar-refractivity contribution is -0.145. The first-order chi connectivity index (χ1) is 13.1. The van der Waals surface area contributed by atoms with Gasteiger partial charge in [0.15, 0.2) is 0 Å². The molecule has 3 N–H and O–H groups in total. The normalized spacial score (nSPS) is 11.9. The van der Waals surface area contributed by atoms with Crippen LogP contribution in [-0.2, 0) is 27.2 Å². The van der Waals surface area contributed by atoms with E-state index in [1.54, 1.807) is 24.3 Å². The number of phenols is 1. The van der Waals surface area contributed by atoms with Gasteiger partial charge in [-0.3, -0.25) is 4.79 Å². The number of carbonyl (C=O) groups excluding carboxylic acids is 2. The largest absolute Gasteiger partial charge is 0.508 e. The molecule has 140 valence electrons. The topological polar surface area (TPSA) is 91.4 Å². The molecule has 1 amide bonds. The van der Waals surface area contributed by atoms with Crippen LogP contribution in [0.2, 0.25) is 0 Å². The minimum atomic E-state index is -0.772. The highest BCUT2D eigenvalue weighted by Crippen LogP contribution is 2.20. The first-order valence-corrected chi connectivity index (χ1v) is 8.77. The number of benzene rings is 2. The average Bonchev–Trinajstić information content (AvgIpc) is 3.09. The molecule has 0 fully saturated rings. The second kappa shape index (κ2) is 8.40. The van der Waals surface area contributed by atoms with Crippen LogP contribution in [0, 0.1) is 0 Å². The van der Waals surface area contributed by atoms with Crippen molar-refractivity contribution >= 4 is 22.8 Å². The zero-order valence-electron chi connectivity index (χ0n) is 15.1. The van der Waals surface area contributed by atoms with Gasteiger partial charge in [-0.1, -0.05) is 36.4 Å². The number of hydrogen-bond acceptors (Lipinski definition) is 4. The number of aromatic hydroxyl groups is 1. The number of fused-ring (bicyclic) bond motifs is 1. The summed E-state index contributed by atoms with van der Waals surface area (Å²) in [5, 5.41) is 13.6. The maximum Gasteiger partial charge on any atom is 0.328 e. The fraction of sp³-hybridized carbons (Fsp3) is 0.238. The highest BCUT2D eigenvalue weighted by atomic mass is 16.5.